The fraction of sp³-hybridized carbons (Fsp3) is 0.538. The SMILES string of the molecule is COc1ccc(C2(CN)CC(C)(F)C2)cc1. The van der Waals surface area contributed by atoms with Crippen molar-refractivity contribution in [2.45, 2.75) is 30.8 Å². The third-order valence-electron chi connectivity index (χ3n) is 3.51. The average Bonchev–Trinajstić information content (AvgIpc) is 2.25. The first-order valence-corrected chi connectivity index (χ1v) is 5.55. The topological polar surface area (TPSA) is 35.2 Å². The third-order valence-corrected chi connectivity index (χ3v) is 3.51. The van der Waals surface area contributed by atoms with Gasteiger partial charge in [0.25, 0.3) is 0 Å². The molecular weight excluding hydrogens is 205 g/mol. The number of benzene rings is 1. The maximum Gasteiger partial charge on any atom is 0.118 e. The Morgan fingerprint density at radius 3 is 2.25 bits per heavy atom. The second kappa shape index (κ2) is 3.74. The summed E-state index contributed by atoms with van der Waals surface area (Å²) in [6, 6.07) is 7.78. The molecule has 1 saturated carbocycles. The van der Waals surface area contributed by atoms with E-state index in [9.17, 15) is 4.39 Å². The van der Waals surface area contributed by atoms with E-state index >= 15 is 0 Å². The first-order chi connectivity index (χ1) is 7.51. The van der Waals surface area contributed by atoms with Crippen LogP contribution in [0.2, 0.25) is 0 Å². The molecule has 1 fully saturated rings. The number of nitrogens with two attached hydrogens (primary N) is 1. The molecule has 0 atom stereocenters. The molecule has 0 aromatic heterocycles. The van der Waals surface area contributed by atoms with E-state index in [1.807, 2.05) is 24.3 Å². The van der Waals surface area contributed by atoms with Crippen LogP contribution < -0.4 is 10.5 Å². The van der Waals surface area contributed by atoms with Crippen molar-refractivity contribution < 1.29 is 9.13 Å². The van der Waals surface area contributed by atoms with Gasteiger partial charge in [0, 0.05) is 12.0 Å². The molecule has 0 heterocycles. The lowest BCUT2D eigenvalue weighted by Gasteiger charge is -2.50. The zero-order valence-electron chi connectivity index (χ0n) is 9.79. The maximum absolute atomic E-state index is 13.6. The fourth-order valence-corrected chi connectivity index (χ4v) is 2.77. The van der Waals surface area contributed by atoms with Gasteiger partial charge >= 0.3 is 0 Å². The number of halogens is 1. The van der Waals surface area contributed by atoms with Crippen LogP contribution in [0.1, 0.15) is 25.3 Å². The zero-order valence-corrected chi connectivity index (χ0v) is 9.79. The summed E-state index contributed by atoms with van der Waals surface area (Å²) in [5.74, 6) is 0.818. The lowest BCUT2D eigenvalue weighted by Crippen LogP contribution is -2.54. The van der Waals surface area contributed by atoms with Crippen LogP contribution in [-0.4, -0.2) is 19.3 Å². The molecule has 0 bridgehead atoms. The van der Waals surface area contributed by atoms with Crippen molar-refractivity contribution in [3.05, 3.63) is 29.8 Å². The normalized spacial score (nSPS) is 33.2. The third kappa shape index (κ3) is 1.80. The van der Waals surface area contributed by atoms with Gasteiger partial charge in [-0.2, -0.15) is 0 Å². The van der Waals surface area contributed by atoms with Crippen molar-refractivity contribution in [3.8, 4) is 5.75 Å². The van der Waals surface area contributed by atoms with Crippen LogP contribution in [0.15, 0.2) is 24.3 Å². The standard InChI is InChI=1S/C13H18FNO/c1-12(14)7-13(8-12,9-15)10-3-5-11(16-2)6-4-10/h3-6H,7-9,15H2,1-2H3. The molecule has 1 aromatic carbocycles. The number of alkyl halides is 1. The van der Waals surface area contributed by atoms with Gasteiger partial charge in [-0.25, -0.2) is 4.39 Å². The number of hydrogen-bond acceptors (Lipinski definition) is 2. The van der Waals surface area contributed by atoms with Gasteiger partial charge in [-0.3, -0.25) is 0 Å². The minimum Gasteiger partial charge on any atom is -0.497 e. The van der Waals surface area contributed by atoms with E-state index in [0.717, 1.165) is 11.3 Å². The van der Waals surface area contributed by atoms with Gasteiger partial charge in [0.15, 0.2) is 0 Å². The van der Waals surface area contributed by atoms with Crippen molar-refractivity contribution in [1.82, 2.24) is 0 Å². The summed E-state index contributed by atoms with van der Waals surface area (Å²) in [6.45, 7) is 2.14. The van der Waals surface area contributed by atoms with Gasteiger partial charge in [0.2, 0.25) is 0 Å². The molecule has 2 N–H and O–H groups in total. The van der Waals surface area contributed by atoms with Gasteiger partial charge in [0.05, 0.1) is 7.11 Å². The maximum atomic E-state index is 13.6. The van der Waals surface area contributed by atoms with Gasteiger partial charge in [0.1, 0.15) is 11.4 Å². The predicted molar refractivity (Wildman–Crippen MR) is 62.5 cm³/mol. The minimum absolute atomic E-state index is 0.171. The number of hydrogen-bond donors (Lipinski definition) is 1. The van der Waals surface area contributed by atoms with Crippen LogP contribution >= 0.6 is 0 Å². The van der Waals surface area contributed by atoms with Gasteiger partial charge in [-0.15, -0.1) is 0 Å². The highest BCUT2D eigenvalue weighted by atomic mass is 19.1. The molecule has 16 heavy (non-hydrogen) atoms. The molecule has 0 saturated heterocycles. The summed E-state index contributed by atoms with van der Waals surface area (Å²) in [5, 5.41) is 0. The first-order valence-electron chi connectivity index (χ1n) is 5.55. The molecule has 1 aliphatic carbocycles. The van der Waals surface area contributed by atoms with Crippen molar-refractivity contribution in [2.75, 3.05) is 13.7 Å². The van der Waals surface area contributed by atoms with Crippen molar-refractivity contribution in [1.29, 1.82) is 0 Å². The molecular formula is C13H18FNO. The first kappa shape index (κ1) is 11.4. The van der Waals surface area contributed by atoms with Crippen LogP contribution in [-0.2, 0) is 5.41 Å². The average molecular weight is 223 g/mol. The quantitative estimate of drug-likeness (QED) is 0.854. The fourth-order valence-electron chi connectivity index (χ4n) is 2.77. The van der Waals surface area contributed by atoms with Crippen molar-refractivity contribution in [3.63, 3.8) is 0 Å². The Balaban J connectivity index is 2.22. The molecule has 0 spiro atoms. The highest BCUT2D eigenvalue weighted by Gasteiger charge is 2.52. The van der Waals surface area contributed by atoms with Crippen LogP contribution in [0.4, 0.5) is 4.39 Å². The molecule has 2 nitrogen and oxygen atoms in total. The van der Waals surface area contributed by atoms with E-state index in [1.165, 1.54) is 0 Å². The summed E-state index contributed by atoms with van der Waals surface area (Å²) in [6.07, 6.45) is 1.03. The summed E-state index contributed by atoms with van der Waals surface area (Å²) in [5.41, 5.74) is 5.68. The molecule has 0 radical (unpaired) electrons. The van der Waals surface area contributed by atoms with E-state index in [-0.39, 0.29) is 5.41 Å². The molecule has 2 rings (SSSR count). The van der Waals surface area contributed by atoms with Gasteiger partial charge in [-0.1, -0.05) is 12.1 Å². The van der Waals surface area contributed by atoms with Gasteiger partial charge < -0.3 is 10.5 Å². The summed E-state index contributed by atoms with van der Waals surface area (Å²) in [4.78, 5) is 0. The zero-order chi connectivity index (χ0) is 11.8. The van der Waals surface area contributed by atoms with E-state index in [1.54, 1.807) is 14.0 Å². The van der Waals surface area contributed by atoms with Crippen LogP contribution in [0.5, 0.6) is 5.75 Å². The van der Waals surface area contributed by atoms with E-state index in [2.05, 4.69) is 0 Å². The molecule has 0 aliphatic heterocycles. The second-order valence-electron chi connectivity index (χ2n) is 4.98. The molecule has 0 amide bonds. The second-order valence-corrected chi connectivity index (χ2v) is 4.98. The van der Waals surface area contributed by atoms with Crippen LogP contribution in [0.3, 0.4) is 0 Å². The molecule has 0 unspecified atom stereocenters. The summed E-state index contributed by atoms with van der Waals surface area (Å²) >= 11 is 0. The lowest BCUT2D eigenvalue weighted by molar-refractivity contribution is 0.00272. The van der Waals surface area contributed by atoms with E-state index < -0.39 is 5.67 Å². The highest BCUT2D eigenvalue weighted by molar-refractivity contribution is 5.36. The van der Waals surface area contributed by atoms with Gasteiger partial charge in [-0.05, 0) is 37.5 Å². The van der Waals surface area contributed by atoms with Crippen LogP contribution in [0, 0.1) is 0 Å². The lowest BCUT2D eigenvalue weighted by atomic mass is 9.57. The Morgan fingerprint density at radius 2 is 1.88 bits per heavy atom. The Labute approximate surface area is 95.6 Å². The van der Waals surface area contributed by atoms with E-state index in [0.29, 0.717) is 19.4 Å². The Bertz CT molecular complexity index is 364. The number of methoxy groups -OCH3 is 1. The number of ether oxygens (including phenoxy) is 1. The Kier molecular flexibility index (Phi) is 2.66. The number of rotatable bonds is 3. The largest absolute Gasteiger partial charge is 0.497 e. The molecule has 3 heteroatoms. The monoisotopic (exact) mass is 223 g/mol. The van der Waals surface area contributed by atoms with Crippen molar-refractivity contribution in [2.24, 2.45) is 5.73 Å². The Hall–Kier alpha value is -1.09. The predicted octanol–water partition coefficient (Wildman–Crippen LogP) is 2.41. The summed E-state index contributed by atoms with van der Waals surface area (Å²) in [7, 11) is 1.63. The Morgan fingerprint density at radius 1 is 1.31 bits per heavy atom. The smallest absolute Gasteiger partial charge is 0.118 e. The molecule has 1 aliphatic rings. The minimum atomic E-state index is -1.06. The molecule has 88 valence electrons. The molecule has 1 aromatic rings. The summed E-state index contributed by atoms with van der Waals surface area (Å²) < 4.78 is 18.7. The highest BCUT2D eigenvalue weighted by Crippen LogP contribution is 2.51. The van der Waals surface area contributed by atoms with Crippen molar-refractivity contribution >= 4 is 0 Å². The van der Waals surface area contributed by atoms with Crippen LogP contribution in [0.25, 0.3) is 0 Å². The van der Waals surface area contributed by atoms with E-state index in [4.69, 9.17) is 10.5 Å².